The van der Waals surface area contributed by atoms with Crippen molar-refractivity contribution in [3.05, 3.63) is 21.8 Å². The van der Waals surface area contributed by atoms with Crippen LogP contribution < -0.4 is 0 Å². The minimum Gasteiger partial charge on any atom is -0.458 e. The summed E-state index contributed by atoms with van der Waals surface area (Å²) in [6.45, 7) is 1.03. The zero-order valence-electron chi connectivity index (χ0n) is 19.7. The van der Waals surface area contributed by atoms with Crippen molar-refractivity contribution in [3.63, 3.8) is 0 Å². The first-order valence-corrected chi connectivity index (χ1v) is 13.3. The zero-order chi connectivity index (χ0) is 25.6. The SMILES string of the molecule is CC12CC(O)C3C(CC=C4CC(=O)CCC43I)C1CCC2(O)C(=O)COC(=O)CCCO[N+](=O)[O-]. The summed E-state index contributed by atoms with van der Waals surface area (Å²) in [5.74, 6) is -0.974. The van der Waals surface area contributed by atoms with Gasteiger partial charge in [0.1, 0.15) is 11.4 Å². The predicted molar refractivity (Wildman–Crippen MR) is 130 cm³/mol. The highest BCUT2D eigenvalue weighted by molar-refractivity contribution is 14.1. The number of hydrogen-bond donors (Lipinski definition) is 2. The van der Waals surface area contributed by atoms with Crippen molar-refractivity contribution in [2.24, 2.45) is 23.2 Å². The molecule has 0 bridgehead atoms. The van der Waals surface area contributed by atoms with Gasteiger partial charge < -0.3 is 19.8 Å². The van der Waals surface area contributed by atoms with Gasteiger partial charge in [0.15, 0.2) is 6.61 Å². The Morgan fingerprint density at radius 1 is 1.34 bits per heavy atom. The second-order valence-corrected chi connectivity index (χ2v) is 12.6. The number of halogens is 1. The first-order valence-electron chi connectivity index (χ1n) is 12.2. The van der Waals surface area contributed by atoms with Crippen molar-refractivity contribution in [3.8, 4) is 0 Å². The van der Waals surface area contributed by atoms with Gasteiger partial charge in [-0.15, -0.1) is 10.1 Å². The van der Waals surface area contributed by atoms with Gasteiger partial charge in [-0.25, -0.2) is 0 Å². The first-order chi connectivity index (χ1) is 16.4. The summed E-state index contributed by atoms with van der Waals surface area (Å²) in [6, 6.07) is 0. The van der Waals surface area contributed by atoms with Crippen molar-refractivity contribution in [2.75, 3.05) is 13.2 Å². The van der Waals surface area contributed by atoms with E-state index < -0.39 is 40.6 Å². The molecule has 0 spiro atoms. The third-order valence-corrected chi connectivity index (χ3v) is 11.0. The van der Waals surface area contributed by atoms with E-state index in [-0.39, 0.29) is 59.2 Å². The third-order valence-electron chi connectivity index (χ3n) is 9.01. The number of hydrogen-bond acceptors (Lipinski definition) is 9. The summed E-state index contributed by atoms with van der Waals surface area (Å²) >= 11 is 2.43. The molecule has 7 unspecified atom stereocenters. The highest BCUT2D eigenvalue weighted by Gasteiger charge is 2.68. The van der Waals surface area contributed by atoms with Crippen LogP contribution in [0.2, 0.25) is 0 Å². The molecule has 194 valence electrons. The number of carbonyl (C=O) groups excluding carboxylic acids is 3. The fourth-order valence-electron chi connectivity index (χ4n) is 7.32. The lowest BCUT2D eigenvalue weighted by Gasteiger charge is -2.59. The monoisotopic (exact) mass is 605 g/mol. The number of aliphatic hydroxyl groups excluding tert-OH is 1. The van der Waals surface area contributed by atoms with Crippen LogP contribution in [0, 0.1) is 33.3 Å². The van der Waals surface area contributed by atoms with E-state index in [9.17, 15) is 34.7 Å². The van der Waals surface area contributed by atoms with Gasteiger partial charge in [-0.2, -0.15) is 0 Å². The molecule has 10 nitrogen and oxygen atoms in total. The molecular weight excluding hydrogens is 573 g/mol. The molecule has 0 radical (unpaired) electrons. The quantitative estimate of drug-likeness (QED) is 0.0808. The molecule has 4 aliphatic carbocycles. The second kappa shape index (κ2) is 9.70. The number of alkyl halides is 1. The van der Waals surface area contributed by atoms with E-state index in [0.717, 1.165) is 5.57 Å². The van der Waals surface area contributed by atoms with Crippen LogP contribution in [0.4, 0.5) is 0 Å². The second-order valence-electron chi connectivity index (χ2n) is 10.7. The minimum absolute atomic E-state index is 0.0156. The smallest absolute Gasteiger partial charge is 0.306 e. The maximum absolute atomic E-state index is 13.2. The summed E-state index contributed by atoms with van der Waals surface area (Å²) < 4.78 is 4.78. The maximum atomic E-state index is 13.2. The van der Waals surface area contributed by atoms with Gasteiger partial charge in [-0.05, 0) is 50.4 Å². The highest BCUT2D eigenvalue weighted by atomic mass is 127. The number of nitrogens with zero attached hydrogens (tertiary/aromatic N) is 1. The largest absolute Gasteiger partial charge is 0.458 e. The number of esters is 1. The van der Waals surface area contributed by atoms with E-state index in [1.165, 1.54) is 0 Å². The molecule has 7 atom stereocenters. The zero-order valence-corrected chi connectivity index (χ0v) is 21.9. The van der Waals surface area contributed by atoms with Gasteiger partial charge in [0.05, 0.1) is 12.7 Å². The number of fused-ring (bicyclic) bond motifs is 5. The predicted octanol–water partition coefficient (Wildman–Crippen LogP) is 2.49. The van der Waals surface area contributed by atoms with Crippen LogP contribution >= 0.6 is 22.6 Å². The Balaban J connectivity index is 1.45. The van der Waals surface area contributed by atoms with Gasteiger partial charge >= 0.3 is 5.97 Å². The molecular formula is C24H32INO9. The van der Waals surface area contributed by atoms with Crippen molar-refractivity contribution < 1.29 is 39.3 Å². The Morgan fingerprint density at radius 3 is 2.80 bits per heavy atom. The molecule has 4 rings (SSSR count). The summed E-state index contributed by atoms with van der Waals surface area (Å²) in [7, 11) is 0. The molecule has 0 aromatic heterocycles. The Labute approximate surface area is 217 Å². The van der Waals surface area contributed by atoms with Gasteiger partial charge in [0, 0.05) is 34.0 Å². The molecule has 35 heavy (non-hydrogen) atoms. The minimum atomic E-state index is -1.72. The molecule has 0 amide bonds. The molecule has 0 saturated heterocycles. The van der Waals surface area contributed by atoms with E-state index in [1.807, 2.05) is 6.92 Å². The summed E-state index contributed by atoms with van der Waals surface area (Å²) in [6.07, 6.45) is 4.84. The van der Waals surface area contributed by atoms with Gasteiger partial charge in [0.2, 0.25) is 5.78 Å². The maximum Gasteiger partial charge on any atom is 0.306 e. The lowest BCUT2D eigenvalue weighted by atomic mass is 9.50. The number of rotatable bonds is 8. The van der Waals surface area contributed by atoms with Crippen LogP contribution in [0.3, 0.4) is 0 Å². The molecule has 3 fully saturated rings. The van der Waals surface area contributed by atoms with Crippen molar-refractivity contribution in [1.82, 2.24) is 0 Å². The lowest BCUT2D eigenvalue weighted by molar-refractivity contribution is -0.757. The first kappa shape index (κ1) is 26.5. The number of Topliss-reactive ketones (excluding diaryl/α,β-unsaturated/α-hetero) is 2. The third kappa shape index (κ3) is 4.52. The van der Waals surface area contributed by atoms with E-state index in [4.69, 9.17) is 4.74 Å². The molecule has 0 aromatic rings. The standard InChI is InChI=1S/C24H32INO9/c1-22-12-18(28)21-16(5-4-14-11-15(27)6-8-23(14,21)25)17(22)7-9-24(22,31)19(29)13-34-20(30)3-2-10-35-26(32)33/h4,16-18,21,28,31H,2-3,5-13H2,1H3. The Bertz CT molecular complexity index is 953. The van der Waals surface area contributed by atoms with E-state index in [0.29, 0.717) is 32.1 Å². The average molecular weight is 605 g/mol. The van der Waals surface area contributed by atoms with Gasteiger partial charge in [-0.1, -0.05) is 41.2 Å². The fourth-order valence-corrected chi connectivity index (χ4v) is 8.87. The molecule has 0 aliphatic heterocycles. The highest BCUT2D eigenvalue weighted by Crippen LogP contribution is 2.66. The Kier molecular flexibility index (Phi) is 7.33. The van der Waals surface area contributed by atoms with Crippen LogP contribution in [0.5, 0.6) is 0 Å². The lowest BCUT2D eigenvalue weighted by Crippen LogP contribution is -2.62. The number of aliphatic hydroxyl groups is 2. The Hall–Kier alpha value is -1.60. The molecule has 0 heterocycles. The topological polar surface area (TPSA) is 153 Å². The van der Waals surface area contributed by atoms with Crippen molar-refractivity contribution >= 4 is 40.1 Å². The van der Waals surface area contributed by atoms with E-state index in [2.05, 4.69) is 33.5 Å². The van der Waals surface area contributed by atoms with Crippen LogP contribution in [0.15, 0.2) is 11.6 Å². The molecule has 2 N–H and O–H groups in total. The number of ether oxygens (including phenoxy) is 1. The van der Waals surface area contributed by atoms with Crippen molar-refractivity contribution in [1.29, 1.82) is 0 Å². The number of carbonyl (C=O) groups is 3. The van der Waals surface area contributed by atoms with Crippen molar-refractivity contribution in [2.45, 2.75) is 79.8 Å². The van der Waals surface area contributed by atoms with Crippen LogP contribution in [0.25, 0.3) is 0 Å². The summed E-state index contributed by atoms with van der Waals surface area (Å²) in [5, 5.41) is 32.2. The summed E-state index contributed by atoms with van der Waals surface area (Å²) in [4.78, 5) is 51.5. The Morgan fingerprint density at radius 2 is 2.09 bits per heavy atom. The summed E-state index contributed by atoms with van der Waals surface area (Å²) in [5.41, 5.74) is -1.47. The van der Waals surface area contributed by atoms with E-state index >= 15 is 0 Å². The normalized spacial score (nSPS) is 40.1. The molecule has 4 aliphatic rings. The van der Waals surface area contributed by atoms with Gasteiger partial charge in [0.25, 0.3) is 5.09 Å². The number of ketones is 2. The van der Waals surface area contributed by atoms with Crippen LogP contribution in [-0.2, 0) is 24.0 Å². The number of allylic oxidation sites excluding steroid dienone is 2. The molecule has 11 heteroatoms. The van der Waals surface area contributed by atoms with E-state index in [1.54, 1.807) is 0 Å². The average Bonchev–Trinajstić information content (AvgIpc) is 3.06. The molecule has 0 aromatic carbocycles. The van der Waals surface area contributed by atoms with Crippen LogP contribution in [0.1, 0.15) is 64.7 Å². The fraction of sp³-hybridized carbons (Fsp3) is 0.792. The van der Waals surface area contributed by atoms with Crippen LogP contribution in [-0.4, -0.2) is 61.2 Å². The van der Waals surface area contributed by atoms with Gasteiger partial charge in [-0.3, -0.25) is 14.4 Å². The molecule has 3 saturated carbocycles.